The maximum atomic E-state index is 10.6. The molecule has 5 nitrogen and oxygen atoms in total. The summed E-state index contributed by atoms with van der Waals surface area (Å²) in [7, 11) is 0. The van der Waals surface area contributed by atoms with E-state index in [1.807, 2.05) is 0 Å². The summed E-state index contributed by atoms with van der Waals surface area (Å²) in [5.74, 6) is -1.52. The fraction of sp³-hybridized carbons (Fsp3) is 0.364. The van der Waals surface area contributed by atoms with Gasteiger partial charge in [-0.2, -0.15) is 0 Å². The van der Waals surface area contributed by atoms with Gasteiger partial charge in [-0.3, -0.25) is 4.79 Å². The fourth-order valence-electron chi connectivity index (χ4n) is 1.49. The molecule has 1 atom stereocenters. The third-order valence-electron chi connectivity index (χ3n) is 2.71. The highest BCUT2D eigenvalue weighted by Gasteiger charge is 2.17. The number of rotatable bonds is 3. The normalized spacial score (nSPS) is 12.4. The Morgan fingerprint density at radius 2 is 1.94 bits per heavy atom. The molecule has 1 aromatic carbocycles. The van der Waals surface area contributed by atoms with E-state index in [9.17, 15) is 15.0 Å². The largest absolute Gasteiger partial charge is 0.504 e. The van der Waals surface area contributed by atoms with Crippen LogP contribution in [0, 0.1) is 13.8 Å². The first-order valence-corrected chi connectivity index (χ1v) is 4.84. The Morgan fingerprint density at radius 3 is 2.44 bits per heavy atom. The zero-order valence-corrected chi connectivity index (χ0v) is 9.19. The molecular weight excluding hydrogens is 210 g/mol. The van der Waals surface area contributed by atoms with Gasteiger partial charge in [0.1, 0.15) is 6.04 Å². The van der Waals surface area contributed by atoms with E-state index in [4.69, 9.17) is 10.8 Å². The lowest BCUT2D eigenvalue weighted by molar-refractivity contribution is -0.138. The van der Waals surface area contributed by atoms with Gasteiger partial charge in [0.2, 0.25) is 0 Å². The van der Waals surface area contributed by atoms with E-state index in [2.05, 4.69) is 0 Å². The van der Waals surface area contributed by atoms with Crippen LogP contribution in [0.15, 0.2) is 6.07 Å². The Balaban J connectivity index is 3.11. The molecular formula is C11H15NO4. The van der Waals surface area contributed by atoms with Crippen LogP contribution in [0.5, 0.6) is 11.5 Å². The highest BCUT2D eigenvalue weighted by Crippen LogP contribution is 2.33. The number of aromatic hydroxyl groups is 2. The van der Waals surface area contributed by atoms with Crippen LogP contribution in [0.4, 0.5) is 0 Å². The average Bonchev–Trinajstić information content (AvgIpc) is 2.22. The third kappa shape index (κ3) is 2.25. The van der Waals surface area contributed by atoms with Gasteiger partial charge < -0.3 is 21.1 Å². The minimum absolute atomic E-state index is 0.121. The number of hydrogen-bond acceptors (Lipinski definition) is 4. The van der Waals surface area contributed by atoms with Crippen molar-refractivity contribution >= 4 is 5.97 Å². The molecule has 1 aromatic rings. The maximum Gasteiger partial charge on any atom is 0.320 e. The number of benzene rings is 1. The number of phenols is 2. The van der Waals surface area contributed by atoms with Crippen molar-refractivity contribution in [3.05, 3.63) is 22.8 Å². The number of carboxylic acids is 1. The molecule has 0 aliphatic carbocycles. The zero-order valence-electron chi connectivity index (χ0n) is 9.19. The molecule has 5 N–H and O–H groups in total. The van der Waals surface area contributed by atoms with Crippen molar-refractivity contribution in [2.24, 2.45) is 5.73 Å². The van der Waals surface area contributed by atoms with Crippen LogP contribution < -0.4 is 5.73 Å². The predicted octanol–water partition coefficient (Wildman–Crippen LogP) is 0.669. The first kappa shape index (κ1) is 12.3. The van der Waals surface area contributed by atoms with Crippen molar-refractivity contribution in [1.29, 1.82) is 0 Å². The Bertz CT molecular complexity index is 428. The van der Waals surface area contributed by atoms with Crippen LogP contribution in [-0.4, -0.2) is 27.3 Å². The van der Waals surface area contributed by atoms with E-state index in [1.54, 1.807) is 13.8 Å². The second kappa shape index (κ2) is 4.40. The van der Waals surface area contributed by atoms with Crippen LogP contribution in [0.25, 0.3) is 0 Å². The number of phenolic OH excluding ortho intramolecular Hbond substituents is 2. The van der Waals surface area contributed by atoms with Crippen molar-refractivity contribution < 1.29 is 20.1 Å². The first-order chi connectivity index (χ1) is 7.34. The van der Waals surface area contributed by atoms with Crippen LogP contribution in [0.3, 0.4) is 0 Å². The van der Waals surface area contributed by atoms with Crippen molar-refractivity contribution in [2.45, 2.75) is 26.3 Å². The highest BCUT2D eigenvalue weighted by atomic mass is 16.4. The van der Waals surface area contributed by atoms with Gasteiger partial charge in [-0.25, -0.2) is 0 Å². The smallest absolute Gasteiger partial charge is 0.320 e. The van der Waals surface area contributed by atoms with Crippen molar-refractivity contribution in [2.75, 3.05) is 0 Å². The Morgan fingerprint density at radius 1 is 1.38 bits per heavy atom. The van der Waals surface area contributed by atoms with Crippen LogP contribution in [0.2, 0.25) is 0 Å². The Labute approximate surface area is 93.1 Å². The lowest BCUT2D eigenvalue weighted by Gasteiger charge is -2.13. The van der Waals surface area contributed by atoms with E-state index in [1.165, 1.54) is 6.07 Å². The van der Waals surface area contributed by atoms with Gasteiger partial charge in [-0.1, -0.05) is 0 Å². The first-order valence-electron chi connectivity index (χ1n) is 4.84. The van der Waals surface area contributed by atoms with Crippen molar-refractivity contribution in [3.8, 4) is 11.5 Å². The summed E-state index contributed by atoms with van der Waals surface area (Å²) >= 11 is 0. The number of nitrogens with two attached hydrogens (primary N) is 1. The molecule has 0 aliphatic heterocycles. The second-order valence-corrected chi connectivity index (χ2v) is 3.80. The minimum Gasteiger partial charge on any atom is -0.504 e. The molecule has 0 bridgehead atoms. The van der Waals surface area contributed by atoms with Gasteiger partial charge in [-0.15, -0.1) is 0 Å². The molecule has 1 rings (SSSR count). The molecule has 0 spiro atoms. The van der Waals surface area contributed by atoms with Gasteiger partial charge >= 0.3 is 5.97 Å². The number of aliphatic carboxylic acids is 1. The molecule has 0 fully saturated rings. The number of carboxylic acid groups (broad SMARTS) is 1. The van der Waals surface area contributed by atoms with Gasteiger partial charge in [0.15, 0.2) is 11.5 Å². The summed E-state index contributed by atoms with van der Waals surface area (Å²) in [4.78, 5) is 10.6. The van der Waals surface area contributed by atoms with Gasteiger partial charge in [0.25, 0.3) is 0 Å². The number of carbonyl (C=O) groups is 1. The number of hydrogen-bond donors (Lipinski definition) is 4. The Hall–Kier alpha value is -1.75. The molecule has 16 heavy (non-hydrogen) atoms. The maximum absolute atomic E-state index is 10.6. The summed E-state index contributed by atoms with van der Waals surface area (Å²) in [5.41, 5.74) is 7.32. The monoisotopic (exact) mass is 225 g/mol. The summed E-state index contributed by atoms with van der Waals surface area (Å²) in [6.07, 6.45) is 0.121. The molecule has 0 saturated carbocycles. The van der Waals surface area contributed by atoms with Crippen LogP contribution in [0.1, 0.15) is 16.7 Å². The zero-order chi connectivity index (χ0) is 12.5. The van der Waals surface area contributed by atoms with Crippen LogP contribution >= 0.6 is 0 Å². The van der Waals surface area contributed by atoms with E-state index in [0.29, 0.717) is 11.1 Å². The van der Waals surface area contributed by atoms with Gasteiger partial charge in [0.05, 0.1) is 0 Å². The molecule has 1 unspecified atom stereocenters. The SMILES string of the molecule is Cc1c(CC(N)C(=O)O)cc(O)c(O)c1C. The van der Waals surface area contributed by atoms with Gasteiger partial charge in [-0.05, 0) is 43.0 Å². The molecule has 0 amide bonds. The van der Waals surface area contributed by atoms with Crippen LogP contribution in [-0.2, 0) is 11.2 Å². The lowest BCUT2D eigenvalue weighted by atomic mass is 9.96. The summed E-state index contributed by atoms with van der Waals surface area (Å²) in [6.45, 7) is 3.40. The summed E-state index contributed by atoms with van der Waals surface area (Å²) in [5, 5.41) is 27.6. The predicted molar refractivity (Wildman–Crippen MR) is 58.6 cm³/mol. The van der Waals surface area contributed by atoms with Crippen molar-refractivity contribution in [1.82, 2.24) is 0 Å². The standard InChI is InChI=1S/C11H15NO4/c1-5-6(2)10(14)9(13)4-7(5)3-8(12)11(15)16/h4,8,13-14H,3,12H2,1-2H3,(H,15,16). The molecule has 0 radical (unpaired) electrons. The molecule has 88 valence electrons. The third-order valence-corrected chi connectivity index (χ3v) is 2.71. The topological polar surface area (TPSA) is 104 Å². The molecule has 0 saturated heterocycles. The average molecular weight is 225 g/mol. The minimum atomic E-state index is -1.09. The summed E-state index contributed by atoms with van der Waals surface area (Å²) < 4.78 is 0. The molecule has 0 heterocycles. The second-order valence-electron chi connectivity index (χ2n) is 3.80. The summed E-state index contributed by atoms with van der Waals surface area (Å²) in [6, 6.07) is 0.336. The van der Waals surface area contributed by atoms with E-state index >= 15 is 0 Å². The van der Waals surface area contributed by atoms with E-state index in [0.717, 1.165) is 5.56 Å². The van der Waals surface area contributed by atoms with Gasteiger partial charge in [0, 0.05) is 0 Å². The molecule has 0 aliphatic rings. The van der Waals surface area contributed by atoms with E-state index < -0.39 is 12.0 Å². The quantitative estimate of drug-likeness (QED) is 0.566. The molecule has 0 aromatic heterocycles. The Kier molecular flexibility index (Phi) is 3.39. The molecule has 5 heteroatoms. The fourth-order valence-corrected chi connectivity index (χ4v) is 1.49. The van der Waals surface area contributed by atoms with E-state index in [-0.39, 0.29) is 17.9 Å². The van der Waals surface area contributed by atoms with Crippen molar-refractivity contribution in [3.63, 3.8) is 0 Å². The highest BCUT2D eigenvalue weighted by molar-refractivity contribution is 5.73. The lowest BCUT2D eigenvalue weighted by Crippen LogP contribution is -2.32.